The van der Waals surface area contributed by atoms with Crippen LogP contribution in [0.1, 0.15) is 32.3 Å². The SMILES string of the molecule is CC(C)C(=O)NC[C@H]1CCCN(C(=O)Cc2ccccc2Cl)C1. The van der Waals surface area contributed by atoms with Crippen LogP contribution in [0.2, 0.25) is 5.02 Å². The molecule has 23 heavy (non-hydrogen) atoms. The molecule has 1 fully saturated rings. The first-order chi connectivity index (χ1) is 11.0. The molecule has 0 bridgehead atoms. The lowest BCUT2D eigenvalue weighted by molar-refractivity contribution is -0.132. The van der Waals surface area contributed by atoms with Crippen LogP contribution in [0.15, 0.2) is 24.3 Å². The van der Waals surface area contributed by atoms with Gasteiger partial charge in [0.25, 0.3) is 0 Å². The minimum atomic E-state index is -0.00320. The second kappa shape index (κ2) is 8.34. The predicted molar refractivity (Wildman–Crippen MR) is 92.3 cm³/mol. The van der Waals surface area contributed by atoms with Gasteiger partial charge in [0.2, 0.25) is 11.8 Å². The zero-order chi connectivity index (χ0) is 16.8. The van der Waals surface area contributed by atoms with E-state index < -0.39 is 0 Å². The lowest BCUT2D eigenvalue weighted by Crippen LogP contribution is -2.44. The molecule has 0 spiro atoms. The van der Waals surface area contributed by atoms with Gasteiger partial charge in [-0.15, -0.1) is 0 Å². The number of hydrogen-bond acceptors (Lipinski definition) is 2. The third kappa shape index (κ3) is 5.24. The third-order valence-electron chi connectivity index (χ3n) is 4.26. The molecule has 1 heterocycles. The van der Waals surface area contributed by atoms with Crippen molar-refractivity contribution in [1.82, 2.24) is 10.2 Å². The van der Waals surface area contributed by atoms with Gasteiger partial charge in [-0.3, -0.25) is 9.59 Å². The molecule has 1 aliphatic rings. The van der Waals surface area contributed by atoms with Crippen molar-refractivity contribution in [3.05, 3.63) is 34.9 Å². The highest BCUT2D eigenvalue weighted by Gasteiger charge is 2.24. The lowest BCUT2D eigenvalue weighted by Gasteiger charge is -2.33. The zero-order valence-corrected chi connectivity index (χ0v) is 14.6. The third-order valence-corrected chi connectivity index (χ3v) is 4.63. The summed E-state index contributed by atoms with van der Waals surface area (Å²) in [5.41, 5.74) is 0.870. The highest BCUT2D eigenvalue weighted by Crippen LogP contribution is 2.20. The maximum atomic E-state index is 12.5. The molecule has 2 amide bonds. The van der Waals surface area contributed by atoms with Crippen LogP contribution in [0.25, 0.3) is 0 Å². The van der Waals surface area contributed by atoms with Crippen molar-refractivity contribution in [3.63, 3.8) is 0 Å². The Morgan fingerprint density at radius 3 is 2.78 bits per heavy atom. The van der Waals surface area contributed by atoms with Crippen molar-refractivity contribution >= 4 is 23.4 Å². The monoisotopic (exact) mass is 336 g/mol. The number of rotatable bonds is 5. The number of piperidine rings is 1. The Morgan fingerprint density at radius 2 is 2.09 bits per heavy atom. The summed E-state index contributed by atoms with van der Waals surface area (Å²) in [6.45, 7) is 5.91. The van der Waals surface area contributed by atoms with E-state index in [2.05, 4.69) is 5.32 Å². The van der Waals surface area contributed by atoms with Crippen molar-refractivity contribution < 1.29 is 9.59 Å². The van der Waals surface area contributed by atoms with Crippen LogP contribution in [-0.4, -0.2) is 36.3 Å². The van der Waals surface area contributed by atoms with Crippen molar-refractivity contribution in [2.24, 2.45) is 11.8 Å². The number of amides is 2. The Balaban J connectivity index is 1.86. The van der Waals surface area contributed by atoms with Crippen LogP contribution in [-0.2, 0) is 16.0 Å². The summed E-state index contributed by atoms with van der Waals surface area (Å²) >= 11 is 6.13. The molecule has 0 saturated carbocycles. The Labute approximate surface area is 143 Å². The van der Waals surface area contributed by atoms with E-state index in [4.69, 9.17) is 11.6 Å². The van der Waals surface area contributed by atoms with Crippen LogP contribution in [0.4, 0.5) is 0 Å². The van der Waals surface area contributed by atoms with Crippen LogP contribution in [0, 0.1) is 11.8 Å². The molecule has 1 aliphatic heterocycles. The molecule has 1 aromatic carbocycles. The second-order valence-electron chi connectivity index (χ2n) is 6.52. The van der Waals surface area contributed by atoms with E-state index in [0.717, 1.165) is 24.9 Å². The van der Waals surface area contributed by atoms with Gasteiger partial charge in [-0.2, -0.15) is 0 Å². The quantitative estimate of drug-likeness (QED) is 0.898. The van der Waals surface area contributed by atoms with Crippen LogP contribution in [0.3, 0.4) is 0 Å². The maximum absolute atomic E-state index is 12.5. The maximum Gasteiger partial charge on any atom is 0.227 e. The minimum absolute atomic E-state index is 0.00320. The summed E-state index contributed by atoms with van der Waals surface area (Å²) < 4.78 is 0. The van der Waals surface area contributed by atoms with Crippen LogP contribution >= 0.6 is 11.6 Å². The fourth-order valence-corrected chi connectivity index (χ4v) is 3.03. The topological polar surface area (TPSA) is 49.4 Å². The largest absolute Gasteiger partial charge is 0.356 e. The molecule has 4 nitrogen and oxygen atoms in total. The molecule has 1 atom stereocenters. The first-order valence-corrected chi connectivity index (χ1v) is 8.64. The number of carbonyl (C=O) groups excluding carboxylic acids is 2. The number of halogens is 1. The predicted octanol–water partition coefficient (Wildman–Crippen LogP) is 2.89. The van der Waals surface area contributed by atoms with Crippen molar-refractivity contribution in [2.45, 2.75) is 33.1 Å². The van der Waals surface area contributed by atoms with Gasteiger partial charge in [0, 0.05) is 30.6 Å². The number of benzene rings is 1. The van der Waals surface area contributed by atoms with Crippen molar-refractivity contribution in [2.75, 3.05) is 19.6 Å². The van der Waals surface area contributed by atoms with Gasteiger partial charge < -0.3 is 10.2 Å². The molecular weight excluding hydrogens is 312 g/mol. The van der Waals surface area contributed by atoms with E-state index in [9.17, 15) is 9.59 Å². The number of nitrogens with one attached hydrogen (secondary N) is 1. The Bertz CT molecular complexity index is 560. The minimum Gasteiger partial charge on any atom is -0.356 e. The normalized spacial score (nSPS) is 18.1. The Kier molecular flexibility index (Phi) is 6.46. The summed E-state index contributed by atoms with van der Waals surface area (Å²) in [6, 6.07) is 7.47. The van der Waals surface area contributed by atoms with E-state index in [0.29, 0.717) is 30.5 Å². The summed E-state index contributed by atoms with van der Waals surface area (Å²) in [6.07, 6.45) is 2.37. The molecular formula is C18H25ClN2O2. The molecule has 0 unspecified atom stereocenters. The number of carbonyl (C=O) groups is 2. The molecule has 1 N–H and O–H groups in total. The van der Waals surface area contributed by atoms with E-state index in [-0.39, 0.29) is 17.7 Å². The summed E-state index contributed by atoms with van der Waals surface area (Å²) in [5, 5.41) is 3.61. The van der Waals surface area contributed by atoms with Crippen LogP contribution < -0.4 is 5.32 Å². The van der Waals surface area contributed by atoms with E-state index in [1.807, 2.05) is 43.0 Å². The van der Waals surface area contributed by atoms with Crippen molar-refractivity contribution in [1.29, 1.82) is 0 Å². The van der Waals surface area contributed by atoms with Crippen molar-refractivity contribution in [3.8, 4) is 0 Å². The zero-order valence-electron chi connectivity index (χ0n) is 13.8. The van der Waals surface area contributed by atoms with E-state index in [1.54, 1.807) is 0 Å². The van der Waals surface area contributed by atoms with Gasteiger partial charge in [0.1, 0.15) is 0 Å². The standard InChI is InChI=1S/C18H25ClN2O2/c1-13(2)18(23)20-11-14-6-5-9-21(12-14)17(22)10-15-7-3-4-8-16(15)19/h3-4,7-8,13-14H,5-6,9-12H2,1-2H3,(H,20,23)/t14-/m1/s1. The Hall–Kier alpha value is -1.55. The average molecular weight is 337 g/mol. The molecule has 126 valence electrons. The fraction of sp³-hybridized carbons (Fsp3) is 0.556. The number of hydrogen-bond donors (Lipinski definition) is 1. The van der Waals surface area contributed by atoms with E-state index >= 15 is 0 Å². The van der Waals surface area contributed by atoms with Gasteiger partial charge in [-0.25, -0.2) is 0 Å². The van der Waals surface area contributed by atoms with Gasteiger partial charge in [0.05, 0.1) is 6.42 Å². The van der Waals surface area contributed by atoms with Gasteiger partial charge in [-0.05, 0) is 30.4 Å². The molecule has 1 saturated heterocycles. The number of likely N-dealkylation sites (tertiary alicyclic amines) is 1. The second-order valence-corrected chi connectivity index (χ2v) is 6.92. The summed E-state index contributed by atoms with van der Waals surface area (Å²) in [7, 11) is 0. The first kappa shape index (κ1) is 17.8. The molecule has 5 heteroatoms. The molecule has 0 aliphatic carbocycles. The highest BCUT2D eigenvalue weighted by atomic mass is 35.5. The average Bonchev–Trinajstić information content (AvgIpc) is 2.54. The lowest BCUT2D eigenvalue weighted by atomic mass is 9.97. The van der Waals surface area contributed by atoms with Gasteiger partial charge in [0.15, 0.2) is 0 Å². The summed E-state index contributed by atoms with van der Waals surface area (Å²) in [4.78, 5) is 26.1. The number of nitrogens with zero attached hydrogens (tertiary/aromatic N) is 1. The van der Waals surface area contributed by atoms with Gasteiger partial charge in [-0.1, -0.05) is 43.6 Å². The molecule has 0 aromatic heterocycles. The first-order valence-electron chi connectivity index (χ1n) is 8.26. The smallest absolute Gasteiger partial charge is 0.227 e. The van der Waals surface area contributed by atoms with Gasteiger partial charge >= 0.3 is 0 Å². The fourth-order valence-electron chi connectivity index (χ4n) is 2.82. The van der Waals surface area contributed by atoms with E-state index in [1.165, 1.54) is 0 Å². The highest BCUT2D eigenvalue weighted by molar-refractivity contribution is 6.31. The molecule has 1 aromatic rings. The van der Waals surface area contributed by atoms with Crippen LogP contribution in [0.5, 0.6) is 0 Å². The molecule has 0 radical (unpaired) electrons. The molecule has 2 rings (SSSR count). The Morgan fingerprint density at radius 1 is 1.35 bits per heavy atom. The summed E-state index contributed by atoms with van der Waals surface area (Å²) in [5.74, 6) is 0.515.